The Morgan fingerprint density at radius 1 is 1.46 bits per heavy atom. The van der Waals surface area contributed by atoms with Crippen molar-refractivity contribution in [1.82, 2.24) is 0 Å². The van der Waals surface area contributed by atoms with Crippen molar-refractivity contribution in [1.29, 1.82) is 0 Å². The molecule has 0 N–H and O–H groups in total. The summed E-state index contributed by atoms with van der Waals surface area (Å²) in [5.41, 5.74) is 1.65. The monoisotopic (exact) mass is 206 g/mol. The lowest BCUT2D eigenvalue weighted by Crippen LogP contribution is -2.20. The maximum atomic E-state index is 11.1. The Labute approximate surface area is 83.4 Å². The molecular weight excluding hydrogens is 188 g/mol. The minimum Gasteiger partial charge on any atom is -0.435 e. The van der Waals surface area contributed by atoms with E-state index in [1.807, 2.05) is 6.92 Å². The fraction of sp³-hybridized carbons (Fsp3) is 0.778. The van der Waals surface area contributed by atoms with Crippen LogP contribution in [0.1, 0.15) is 27.7 Å². The van der Waals surface area contributed by atoms with E-state index in [0.717, 1.165) is 17.1 Å². The van der Waals surface area contributed by atoms with Gasteiger partial charge in [0.05, 0.1) is 11.5 Å². The minimum atomic E-state index is -0.478. The van der Waals surface area contributed by atoms with E-state index in [1.165, 1.54) is 0 Å². The number of thiol groups is 1. The first kappa shape index (κ1) is 12.7. The molecule has 0 aromatic heterocycles. The lowest BCUT2D eigenvalue weighted by atomic mass is 10.2. The van der Waals surface area contributed by atoms with Crippen molar-refractivity contribution < 1.29 is 14.3 Å². The van der Waals surface area contributed by atoms with Gasteiger partial charge in [-0.15, -0.1) is 0 Å². The maximum Gasteiger partial charge on any atom is 0.310 e. The third-order valence-corrected chi connectivity index (χ3v) is 1.90. The Kier molecular flexibility index (Phi) is 6.90. The molecule has 1 atom stereocenters. The van der Waals surface area contributed by atoms with Crippen LogP contribution < -0.4 is 0 Å². The Morgan fingerprint density at radius 2 is 2.08 bits per heavy atom. The predicted octanol–water partition coefficient (Wildman–Crippen LogP) is 1.79. The molecule has 0 bridgehead atoms. The second-order valence-electron chi connectivity index (χ2n) is 2.90. The van der Waals surface area contributed by atoms with Gasteiger partial charge in [-0.05, 0) is 12.7 Å². The molecule has 0 aliphatic rings. The highest BCUT2D eigenvalue weighted by Crippen LogP contribution is 2.01. The van der Waals surface area contributed by atoms with Gasteiger partial charge in [0.25, 0.3) is 0 Å². The summed E-state index contributed by atoms with van der Waals surface area (Å²) in [5, 5.41) is 0. The molecule has 0 fully saturated rings. The van der Waals surface area contributed by atoms with Crippen molar-refractivity contribution in [3.63, 3.8) is 0 Å². The van der Waals surface area contributed by atoms with Crippen molar-refractivity contribution in [2.45, 2.75) is 34.0 Å². The fourth-order valence-electron chi connectivity index (χ4n) is 0.531. The SMILES string of the molecule is CC[SH]=COC(C)OC(=O)C(C)C. The molecule has 1 unspecified atom stereocenters. The molecule has 3 nitrogen and oxygen atoms in total. The Morgan fingerprint density at radius 3 is 2.54 bits per heavy atom. The van der Waals surface area contributed by atoms with Gasteiger partial charge in [0, 0.05) is 0 Å². The summed E-state index contributed by atoms with van der Waals surface area (Å²) in [6, 6.07) is 0. The first-order valence-corrected chi connectivity index (χ1v) is 5.57. The molecular formula is C9H18O3S. The van der Waals surface area contributed by atoms with Crippen LogP contribution in [-0.2, 0) is 14.3 Å². The zero-order valence-electron chi connectivity index (χ0n) is 8.61. The number of esters is 1. The van der Waals surface area contributed by atoms with Crippen LogP contribution in [0.3, 0.4) is 0 Å². The highest BCUT2D eigenvalue weighted by Gasteiger charge is 2.12. The van der Waals surface area contributed by atoms with Crippen LogP contribution in [0.5, 0.6) is 0 Å². The molecule has 4 heteroatoms. The second-order valence-corrected chi connectivity index (χ2v) is 4.11. The zero-order valence-corrected chi connectivity index (χ0v) is 9.51. The van der Waals surface area contributed by atoms with Gasteiger partial charge in [0.15, 0.2) is 0 Å². The van der Waals surface area contributed by atoms with Crippen molar-refractivity contribution in [3.05, 3.63) is 0 Å². The van der Waals surface area contributed by atoms with Gasteiger partial charge in [0.2, 0.25) is 6.29 Å². The van der Waals surface area contributed by atoms with E-state index in [4.69, 9.17) is 9.47 Å². The summed E-state index contributed by atoms with van der Waals surface area (Å²) >= 11 is 1.10. The molecule has 0 amide bonds. The van der Waals surface area contributed by atoms with Gasteiger partial charge in [-0.3, -0.25) is 4.79 Å². The Hall–Kier alpha value is -0.350. The molecule has 0 heterocycles. The van der Waals surface area contributed by atoms with Crippen molar-refractivity contribution in [2.24, 2.45) is 5.92 Å². The fourth-order valence-corrected chi connectivity index (χ4v) is 0.937. The van der Waals surface area contributed by atoms with Gasteiger partial charge in [-0.1, -0.05) is 20.8 Å². The van der Waals surface area contributed by atoms with E-state index >= 15 is 0 Å². The van der Waals surface area contributed by atoms with Crippen LogP contribution in [0.15, 0.2) is 0 Å². The van der Waals surface area contributed by atoms with E-state index in [0.29, 0.717) is 0 Å². The third-order valence-electron chi connectivity index (χ3n) is 1.26. The lowest BCUT2D eigenvalue weighted by molar-refractivity contribution is -0.165. The molecule has 13 heavy (non-hydrogen) atoms. The molecule has 0 aliphatic heterocycles. The van der Waals surface area contributed by atoms with Crippen LogP contribution in [-0.4, -0.2) is 23.6 Å². The van der Waals surface area contributed by atoms with Gasteiger partial charge in [-0.2, -0.15) is 11.4 Å². The molecule has 0 aliphatic carbocycles. The summed E-state index contributed by atoms with van der Waals surface area (Å²) in [5.74, 6) is 0.675. The molecule has 0 spiro atoms. The largest absolute Gasteiger partial charge is 0.435 e. The number of ether oxygens (including phenoxy) is 2. The van der Waals surface area contributed by atoms with Gasteiger partial charge >= 0.3 is 5.97 Å². The summed E-state index contributed by atoms with van der Waals surface area (Å²) in [7, 11) is 0. The van der Waals surface area contributed by atoms with Crippen LogP contribution in [0.4, 0.5) is 0 Å². The number of hydrogen-bond donors (Lipinski definition) is 1. The van der Waals surface area contributed by atoms with Crippen LogP contribution in [0.2, 0.25) is 0 Å². The van der Waals surface area contributed by atoms with Crippen LogP contribution >= 0.6 is 11.4 Å². The maximum absolute atomic E-state index is 11.1. The average Bonchev–Trinajstić information content (AvgIpc) is 2.04. The number of rotatable bonds is 5. The van der Waals surface area contributed by atoms with Crippen molar-refractivity contribution in [2.75, 3.05) is 5.75 Å². The molecule has 0 saturated carbocycles. The smallest absolute Gasteiger partial charge is 0.310 e. The third kappa shape index (κ3) is 6.78. The molecule has 0 aromatic rings. The molecule has 0 aromatic carbocycles. The summed E-state index contributed by atoms with van der Waals surface area (Å²) in [6.07, 6.45) is -0.478. The standard InChI is InChI=1S/C9H18O3S/c1-5-13-6-11-8(4)12-9(10)7(2)3/h6-8,13H,5H2,1-4H3. The van der Waals surface area contributed by atoms with Crippen LogP contribution in [0.25, 0.3) is 0 Å². The van der Waals surface area contributed by atoms with Crippen molar-refractivity contribution >= 4 is 22.9 Å². The van der Waals surface area contributed by atoms with E-state index in [2.05, 4.69) is 0 Å². The first-order valence-electron chi connectivity index (χ1n) is 4.42. The summed E-state index contributed by atoms with van der Waals surface area (Å²) < 4.78 is 10.1. The quantitative estimate of drug-likeness (QED) is 0.322. The van der Waals surface area contributed by atoms with Crippen LogP contribution in [0, 0.1) is 5.92 Å². The number of hydrogen-bond acceptors (Lipinski definition) is 3. The first-order chi connectivity index (χ1) is 6.07. The molecule has 0 saturated heterocycles. The highest BCUT2D eigenvalue weighted by atomic mass is 32.1. The topological polar surface area (TPSA) is 35.5 Å². The highest BCUT2D eigenvalue weighted by molar-refractivity contribution is 7.97. The Balaban J connectivity index is 3.67. The molecule has 0 rings (SSSR count). The predicted molar refractivity (Wildman–Crippen MR) is 57.1 cm³/mol. The summed E-state index contributed by atoms with van der Waals surface area (Å²) in [4.78, 5) is 11.1. The van der Waals surface area contributed by atoms with E-state index in [1.54, 1.807) is 26.3 Å². The van der Waals surface area contributed by atoms with Crippen molar-refractivity contribution in [3.8, 4) is 0 Å². The normalized spacial score (nSPS) is 14.2. The van der Waals surface area contributed by atoms with Gasteiger partial charge < -0.3 is 9.47 Å². The van der Waals surface area contributed by atoms with E-state index in [9.17, 15) is 4.79 Å². The lowest BCUT2D eigenvalue weighted by Gasteiger charge is -2.12. The van der Waals surface area contributed by atoms with E-state index in [-0.39, 0.29) is 11.9 Å². The second kappa shape index (κ2) is 7.09. The average molecular weight is 206 g/mol. The Bertz CT molecular complexity index is 178. The minimum absolute atomic E-state index is 0.102. The number of carbonyl (C=O) groups excluding carboxylic acids is 1. The van der Waals surface area contributed by atoms with E-state index < -0.39 is 6.29 Å². The zero-order chi connectivity index (χ0) is 10.3. The molecule has 78 valence electrons. The number of carbonyl (C=O) groups is 1. The summed E-state index contributed by atoms with van der Waals surface area (Å²) in [6.45, 7) is 7.35. The molecule has 0 radical (unpaired) electrons. The van der Waals surface area contributed by atoms with Gasteiger partial charge in [0.1, 0.15) is 0 Å². The van der Waals surface area contributed by atoms with Gasteiger partial charge in [-0.25, -0.2) is 0 Å².